The van der Waals surface area contributed by atoms with Gasteiger partial charge < -0.3 is 10.1 Å². The van der Waals surface area contributed by atoms with Crippen LogP contribution in [0.2, 0.25) is 10.0 Å². The number of hydrogen-bond donors (Lipinski definition) is 1. The van der Waals surface area contributed by atoms with Crippen molar-refractivity contribution in [2.24, 2.45) is 0 Å². The standard InChI is InChI=1S/C22H23Cl2N3O2/c1-15-12-16(2)27(26-15)11-3-10-25-22(28)18-6-4-17(5-7-18)14-29-21-9-8-19(23)13-20(21)24/h4-9,12-13H,3,10-11,14H2,1-2H3,(H,25,28). The molecule has 0 aliphatic rings. The van der Waals surface area contributed by atoms with Crippen molar-refractivity contribution in [2.75, 3.05) is 6.54 Å². The van der Waals surface area contributed by atoms with Crippen molar-refractivity contribution in [2.45, 2.75) is 33.4 Å². The number of nitrogens with zero attached hydrogens (tertiary/aromatic N) is 2. The van der Waals surface area contributed by atoms with Crippen LogP contribution in [0.15, 0.2) is 48.5 Å². The van der Waals surface area contributed by atoms with Gasteiger partial charge in [-0.25, -0.2) is 0 Å². The number of carbonyl (C=O) groups excluding carboxylic acids is 1. The van der Waals surface area contributed by atoms with Crippen molar-refractivity contribution in [3.63, 3.8) is 0 Å². The van der Waals surface area contributed by atoms with E-state index in [4.69, 9.17) is 27.9 Å². The molecule has 0 saturated heterocycles. The fourth-order valence-corrected chi connectivity index (χ4v) is 3.40. The normalized spacial score (nSPS) is 10.8. The smallest absolute Gasteiger partial charge is 0.251 e. The Morgan fingerprint density at radius 3 is 2.52 bits per heavy atom. The zero-order valence-corrected chi connectivity index (χ0v) is 17.9. The predicted molar refractivity (Wildman–Crippen MR) is 116 cm³/mol. The van der Waals surface area contributed by atoms with Crippen molar-refractivity contribution in [1.29, 1.82) is 0 Å². The van der Waals surface area contributed by atoms with E-state index in [0.717, 1.165) is 29.9 Å². The number of aromatic nitrogens is 2. The maximum atomic E-state index is 12.3. The summed E-state index contributed by atoms with van der Waals surface area (Å²) < 4.78 is 7.67. The average molecular weight is 432 g/mol. The van der Waals surface area contributed by atoms with E-state index < -0.39 is 0 Å². The van der Waals surface area contributed by atoms with Crippen LogP contribution in [-0.4, -0.2) is 22.2 Å². The van der Waals surface area contributed by atoms with Crippen LogP contribution in [-0.2, 0) is 13.2 Å². The van der Waals surface area contributed by atoms with Crippen LogP contribution < -0.4 is 10.1 Å². The Kier molecular flexibility index (Phi) is 7.18. The third-order valence-electron chi connectivity index (χ3n) is 4.44. The first-order valence-electron chi connectivity index (χ1n) is 9.38. The lowest BCUT2D eigenvalue weighted by atomic mass is 10.1. The summed E-state index contributed by atoms with van der Waals surface area (Å²) in [7, 11) is 0. The average Bonchev–Trinajstić information content (AvgIpc) is 3.02. The van der Waals surface area contributed by atoms with Gasteiger partial charge >= 0.3 is 0 Å². The van der Waals surface area contributed by atoms with Gasteiger partial charge in [-0.1, -0.05) is 35.3 Å². The van der Waals surface area contributed by atoms with E-state index in [2.05, 4.69) is 10.4 Å². The van der Waals surface area contributed by atoms with Gasteiger partial charge in [0.1, 0.15) is 12.4 Å². The molecule has 0 fully saturated rings. The van der Waals surface area contributed by atoms with Crippen LogP contribution in [0.5, 0.6) is 5.75 Å². The molecule has 0 bridgehead atoms. The summed E-state index contributed by atoms with van der Waals surface area (Å²) in [5, 5.41) is 8.39. The van der Waals surface area contributed by atoms with E-state index in [-0.39, 0.29) is 5.91 Å². The number of halogens is 2. The Labute approximate surface area is 180 Å². The van der Waals surface area contributed by atoms with E-state index in [0.29, 0.717) is 34.5 Å². The molecule has 1 heterocycles. The van der Waals surface area contributed by atoms with E-state index >= 15 is 0 Å². The fraction of sp³-hybridized carbons (Fsp3) is 0.273. The molecule has 1 N–H and O–H groups in total. The van der Waals surface area contributed by atoms with Gasteiger partial charge in [0.05, 0.1) is 10.7 Å². The second-order valence-corrected chi connectivity index (χ2v) is 7.66. The minimum atomic E-state index is -0.0911. The summed E-state index contributed by atoms with van der Waals surface area (Å²) in [4.78, 5) is 12.3. The second-order valence-electron chi connectivity index (χ2n) is 6.82. The van der Waals surface area contributed by atoms with Gasteiger partial charge in [0.2, 0.25) is 0 Å². The lowest BCUT2D eigenvalue weighted by Crippen LogP contribution is -2.25. The molecule has 0 unspecified atom stereocenters. The fourth-order valence-electron chi connectivity index (χ4n) is 2.94. The van der Waals surface area contributed by atoms with Crippen LogP contribution in [0, 0.1) is 13.8 Å². The molecule has 3 aromatic rings. The number of ether oxygens (including phenoxy) is 1. The third-order valence-corrected chi connectivity index (χ3v) is 4.97. The van der Waals surface area contributed by atoms with E-state index in [1.54, 1.807) is 30.3 Å². The van der Waals surface area contributed by atoms with Crippen LogP contribution in [0.25, 0.3) is 0 Å². The summed E-state index contributed by atoms with van der Waals surface area (Å²) in [5.41, 5.74) is 3.70. The SMILES string of the molecule is Cc1cc(C)n(CCCNC(=O)c2ccc(COc3ccc(Cl)cc3Cl)cc2)n1. The lowest BCUT2D eigenvalue weighted by molar-refractivity contribution is 0.0952. The maximum absolute atomic E-state index is 12.3. The maximum Gasteiger partial charge on any atom is 0.251 e. The minimum Gasteiger partial charge on any atom is -0.487 e. The number of amides is 1. The van der Waals surface area contributed by atoms with E-state index in [1.165, 1.54) is 0 Å². The van der Waals surface area contributed by atoms with Crippen molar-refractivity contribution in [3.05, 3.63) is 81.1 Å². The topological polar surface area (TPSA) is 56.2 Å². The molecule has 7 heteroatoms. The highest BCUT2D eigenvalue weighted by atomic mass is 35.5. The summed E-state index contributed by atoms with van der Waals surface area (Å²) in [6.07, 6.45) is 0.821. The number of benzene rings is 2. The van der Waals surface area contributed by atoms with Crippen LogP contribution in [0.3, 0.4) is 0 Å². The molecule has 152 valence electrons. The molecule has 0 aliphatic carbocycles. The lowest BCUT2D eigenvalue weighted by Gasteiger charge is -2.09. The molecular formula is C22H23Cl2N3O2. The Balaban J connectivity index is 1.45. The molecule has 0 radical (unpaired) electrons. The van der Waals surface area contributed by atoms with Crippen molar-refractivity contribution in [1.82, 2.24) is 15.1 Å². The highest BCUT2D eigenvalue weighted by Gasteiger charge is 2.07. The first kappa shape index (κ1) is 21.2. The van der Waals surface area contributed by atoms with Gasteiger partial charge in [0, 0.05) is 29.4 Å². The minimum absolute atomic E-state index is 0.0911. The molecule has 0 saturated carbocycles. The molecule has 29 heavy (non-hydrogen) atoms. The number of rotatable bonds is 8. The molecule has 0 atom stereocenters. The summed E-state index contributed by atoms with van der Waals surface area (Å²) >= 11 is 12.0. The Hall–Kier alpha value is -2.50. The molecule has 0 aliphatic heterocycles. The zero-order chi connectivity index (χ0) is 20.8. The number of carbonyl (C=O) groups is 1. The first-order valence-corrected chi connectivity index (χ1v) is 10.1. The molecule has 1 aromatic heterocycles. The van der Waals surface area contributed by atoms with Crippen LogP contribution in [0.1, 0.15) is 33.7 Å². The Morgan fingerprint density at radius 2 is 1.86 bits per heavy atom. The van der Waals surface area contributed by atoms with E-state index in [9.17, 15) is 4.79 Å². The predicted octanol–water partition coefficient (Wildman–Crippen LogP) is 5.21. The monoisotopic (exact) mass is 431 g/mol. The molecular weight excluding hydrogens is 409 g/mol. The van der Waals surface area contributed by atoms with Gasteiger partial charge in [-0.3, -0.25) is 9.48 Å². The van der Waals surface area contributed by atoms with Crippen LogP contribution >= 0.6 is 23.2 Å². The van der Waals surface area contributed by atoms with Gasteiger partial charge in [0.15, 0.2) is 0 Å². The van der Waals surface area contributed by atoms with Gasteiger partial charge in [0.25, 0.3) is 5.91 Å². The quantitative estimate of drug-likeness (QED) is 0.498. The molecule has 0 spiro atoms. The number of hydrogen-bond acceptors (Lipinski definition) is 3. The molecule has 1 amide bonds. The molecule has 3 rings (SSSR count). The largest absolute Gasteiger partial charge is 0.487 e. The van der Waals surface area contributed by atoms with Crippen molar-refractivity contribution in [3.8, 4) is 5.75 Å². The highest BCUT2D eigenvalue weighted by molar-refractivity contribution is 6.35. The number of nitrogens with one attached hydrogen (secondary N) is 1. The van der Waals surface area contributed by atoms with Crippen molar-refractivity contribution < 1.29 is 9.53 Å². The second kappa shape index (κ2) is 9.81. The summed E-state index contributed by atoms with van der Waals surface area (Å²) in [5.74, 6) is 0.479. The van der Waals surface area contributed by atoms with Crippen LogP contribution in [0.4, 0.5) is 0 Å². The van der Waals surface area contributed by atoms with E-state index in [1.807, 2.05) is 36.7 Å². The zero-order valence-electron chi connectivity index (χ0n) is 16.4. The Morgan fingerprint density at radius 1 is 1.10 bits per heavy atom. The van der Waals surface area contributed by atoms with Gasteiger partial charge in [-0.15, -0.1) is 0 Å². The first-order chi connectivity index (χ1) is 13.9. The number of aryl methyl sites for hydroxylation is 3. The summed E-state index contributed by atoms with van der Waals surface area (Å²) in [6.45, 7) is 5.74. The Bertz CT molecular complexity index is 984. The molecule has 5 nitrogen and oxygen atoms in total. The summed E-state index contributed by atoms with van der Waals surface area (Å²) in [6, 6.07) is 14.5. The third kappa shape index (κ3) is 5.99. The molecule has 2 aromatic carbocycles. The van der Waals surface area contributed by atoms with Gasteiger partial charge in [-0.2, -0.15) is 5.10 Å². The van der Waals surface area contributed by atoms with Gasteiger partial charge in [-0.05, 0) is 62.2 Å². The van der Waals surface area contributed by atoms with Crippen molar-refractivity contribution >= 4 is 29.1 Å². The highest BCUT2D eigenvalue weighted by Crippen LogP contribution is 2.28.